The zero-order chi connectivity index (χ0) is 3.41. The second-order valence-corrected chi connectivity index (χ2v) is 0.333. The largest absolute Gasteiger partial charge is 0.359 e. The molecule has 0 aliphatic rings. The van der Waals surface area contributed by atoms with Gasteiger partial charge in [0.15, 0.2) is 0 Å². The van der Waals surface area contributed by atoms with Gasteiger partial charge in [-0.25, -0.2) is 0 Å². The number of nitrogens with one attached hydrogen (secondary N) is 1. The van der Waals surface area contributed by atoms with Crippen LogP contribution < -0.4 is 16.8 Å². The standard InChI is InChI=1S/BH5N3/c2-1-4-3/h4H,2-3H2. The lowest BCUT2D eigenvalue weighted by molar-refractivity contribution is 1.07. The summed E-state index contributed by atoms with van der Waals surface area (Å²) in [6.45, 7) is 0. The lowest BCUT2D eigenvalue weighted by Crippen LogP contribution is -2.32. The van der Waals surface area contributed by atoms with Crippen molar-refractivity contribution in [2.75, 3.05) is 0 Å². The van der Waals surface area contributed by atoms with E-state index in [9.17, 15) is 0 Å². The highest BCUT2D eigenvalue weighted by Crippen LogP contribution is 0.972. The van der Waals surface area contributed by atoms with Crippen molar-refractivity contribution in [2.45, 2.75) is 0 Å². The topological polar surface area (TPSA) is 64.1 Å². The van der Waals surface area contributed by atoms with Gasteiger partial charge in [0.05, 0.1) is 0 Å². The Kier molecular flexibility index (Phi) is 2.90. The Balaban J connectivity index is 1.97. The zero-order valence-corrected chi connectivity index (χ0v) is 2.23. The average Bonchev–Trinajstić information content (AvgIpc) is 1.37. The number of nitrogens with two attached hydrogens (primary N) is 2. The molecule has 0 atom stereocenters. The minimum absolute atomic E-state index is 1.15. The zero-order valence-electron chi connectivity index (χ0n) is 2.23. The van der Waals surface area contributed by atoms with Crippen molar-refractivity contribution in [1.29, 1.82) is 0 Å². The van der Waals surface area contributed by atoms with Crippen molar-refractivity contribution >= 4 is 7.55 Å². The molecule has 0 aromatic heterocycles. The van der Waals surface area contributed by atoms with E-state index in [4.69, 9.17) is 0 Å². The van der Waals surface area contributed by atoms with E-state index in [2.05, 4.69) is 16.8 Å². The fourth-order valence-electron chi connectivity index (χ4n) is 0. The molecular weight excluding hydrogens is 52.8 g/mol. The first kappa shape index (κ1) is 3.94. The van der Waals surface area contributed by atoms with Crippen LogP contribution >= 0.6 is 0 Å². The summed E-state index contributed by atoms with van der Waals surface area (Å²) in [4.78, 5) is 0. The summed E-state index contributed by atoms with van der Waals surface area (Å²) in [6.07, 6.45) is 0. The highest BCUT2D eigenvalue weighted by Gasteiger charge is 1.58. The van der Waals surface area contributed by atoms with Gasteiger partial charge in [0.1, 0.15) is 0 Å². The molecule has 0 rings (SSSR count). The van der Waals surface area contributed by atoms with E-state index in [1.807, 2.05) is 0 Å². The lowest BCUT2D eigenvalue weighted by atomic mass is 10.3. The molecule has 0 spiro atoms. The van der Waals surface area contributed by atoms with Gasteiger partial charge in [0, 0.05) is 0 Å². The Labute approximate surface area is 25.6 Å². The maximum atomic E-state index is 4.67. The van der Waals surface area contributed by atoms with Gasteiger partial charge in [-0.2, -0.15) is 0 Å². The van der Waals surface area contributed by atoms with Crippen molar-refractivity contribution in [2.24, 2.45) is 11.5 Å². The Bertz CT molecular complexity index is 5.25. The van der Waals surface area contributed by atoms with E-state index < -0.39 is 0 Å². The molecule has 23 valence electrons. The first-order valence-electron chi connectivity index (χ1n) is 0.911. The first-order valence-corrected chi connectivity index (χ1v) is 0.911. The van der Waals surface area contributed by atoms with Crippen LogP contribution in [0.4, 0.5) is 0 Å². The van der Waals surface area contributed by atoms with Crippen LogP contribution in [0.5, 0.6) is 0 Å². The summed E-state index contributed by atoms with van der Waals surface area (Å²) in [5.74, 6) is 4.60. The molecule has 0 aliphatic carbocycles. The van der Waals surface area contributed by atoms with E-state index in [1.165, 1.54) is 0 Å². The third-order valence-corrected chi connectivity index (χ3v) is 0.0962. The van der Waals surface area contributed by atoms with Crippen LogP contribution in [0.1, 0.15) is 0 Å². The van der Waals surface area contributed by atoms with E-state index in [0.717, 1.165) is 7.55 Å². The quantitative estimate of drug-likeness (QED) is 0.184. The van der Waals surface area contributed by atoms with Crippen molar-refractivity contribution in [1.82, 2.24) is 5.34 Å². The summed E-state index contributed by atoms with van der Waals surface area (Å²) in [5.41, 5.74) is 4.67. The molecule has 1 radical (unpaired) electrons. The van der Waals surface area contributed by atoms with Crippen molar-refractivity contribution in [3.8, 4) is 0 Å². The second kappa shape index (κ2) is 2.94. The normalized spacial score (nSPS) is 6.50. The molecule has 4 heteroatoms. The van der Waals surface area contributed by atoms with Gasteiger partial charge >= 0.3 is 7.55 Å². The van der Waals surface area contributed by atoms with Crippen LogP contribution in [0.25, 0.3) is 0 Å². The van der Waals surface area contributed by atoms with E-state index in [-0.39, 0.29) is 0 Å². The van der Waals surface area contributed by atoms with E-state index in [0.29, 0.717) is 0 Å². The van der Waals surface area contributed by atoms with Gasteiger partial charge in [-0.1, -0.05) is 0 Å². The molecule has 0 saturated heterocycles. The van der Waals surface area contributed by atoms with Crippen LogP contribution in [-0.2, 0) is 0 Å². The lowest BCUT2D eigenvalue weighted by Gasteiger charge is -1.73. The number of hydrogen-bond acceptors (Lipinski definition) is 3. The SMILES string of the molecule is N[B]NN. The Hall–Kier alpha value is -0.0551. The van der Waals surface area contributed by atoms with Crippen LogP contribution in [-0.4, -0.2) is 7.55 Å². The highest BCUT2D eigenvalue weighted by atomic mass is 15.2. The highest BCUT2D eigenvalue weighted by molar-refractivity contribution is 6.26. The molecule has 4 heavy (non-hydrogen) atoms. The predicted molar refractivity (Wildman–Crippen MR) is 17.3 cm³/mol. The van der Waals surface area contributed by atoms with Crippen molar-refractivity contribution in [3.05, 3.63) is 0 Å². The third kappa shape index (κ3) is 1.94. The third-order valence-electron chi connectivity index (χ3n) is 0.0962. The predicted octanol–water partition coefficient (Wildman–Crippen LogP) is -2.06. The van der Waals surface area contributed by atoms with Gasteiger partial charge in [-0.15, -0.1) is 0 Å². The van der Waals surface area contributed by atoms with Crippen LogP contribution in [0, 0.1) is 0 Å². The Morgan fingerprint density at radius 3 is 2.00 bits per heavy atom. The summed E-state index contributed by atoms with van der Waals surface area (Å²) in [5, 5.41) is 2.08. The van der Waals surface area contributed by atoms with Gasteiger partial charge in [0.2, 0.25) is 0 Å². The van der Waals surface area contributed by atoms with Crippen LogP contribution in [0.15, 0.2) is 0 Å². The van der Waals surface area contributed by atoms with Gasteiger partial charge in [-0.3, -0.25) is 11.2 Å². The van der Waals surface area contributed by atoms with Gasteiger partial charge in [0.25, 0.3) is 0 Å². The summed E-state index contributed by atoms with van der Waals surface area (Å²) in [6, 6.07) is 0. The van der Waals surface area contributed by atoms with Gasteiger partial charge < -0.3 is 5.64 Å². The molecule has 0 aromatic carbocycles. The maximum absolute atomic E-state index is 4.67. The minimum atomic E-state index is 1.15. The molecule has 0 bridgehead atoms. The molecule has 3 nitrogen and oxygen atoms in total. The van der Waals surface area contributed by atoms with Crippen molar-refractivity contribution < 1.29 is 0 Å². The molecule has 0 amide bonds. The average molecular weight is 57.9 g/mol. The minimum Gasteiger partial charge on any atom is -0.359 e. The molecule has 0 aromatic rings. The number of hydrazine groups is 1. The first-order chi connectivity index (χ1) is 1.91. The molecule has 0 heterocycles. The fraction of sp³-hybridized carbons (Fsp3) is 0. The Morgan fingerprint density at radius 1 is 1.75 bits per heavy atom. The number of hydrogen-bond donors (Lipinski definition) is 3. The van der Waals surface area contributed by atoms with E-state index in [1.54, 1.807) is 0 Å². The smallest absolute Gasteiger partial charge is 0.319 e. The molecule has 0 saturated carbocycles. The molecule has 0 aliphatic heterocycles. The molecule has 5 N–H and O–H groups in total. The Morgan fingerprint density at radius 2 is 2.00 bits per heavy atom. The monoisotopic (exact) mass is 58.1 g/mol. The molecule has 0 fully saturated rings. The molecule has 0 unspecified atom stereocenters. The second-order valence-electron chi connectivity index (χ2n) is 0.333. The van der Waals surface area contributed by atoms with Crippen molar-refractivity contribution in [3.63, 3.8) is 0 Å². The van der Waals surface area contributed by atoms with Gasteiger partial charge in [-0.05, 0) is 0 Å². The van der Waals surface area contributed by atoms with E-state index >= 15 is 0 Å². The summed E-state index contributed by atoms with van der Waals surface area (Å²) >= 11 is 0. The summed E-state index contributed by atoms with van der Waals surface area (Å²) < 4.78 is 0. The summed E-state index contributed by atoms with van der Waals surface area (Å²) in [7, 11) is 1.15. The maximum Gasteiger partial charge on any atom is 0.319 e. The molecular formula is H5BN3. The fourth-order valence-corrected chi connectivity index (χ4v) is 0. The number of rotatable bonds is 1. The van der Waals surface area contributed by atoms with Crippen LogP contribution in [0.3, 0.4) is 0 Å². The van der Waals surface area contributed by atoms with Crippen LogP contribution in [0.2, 0.25) is 0 Å².